The minimum atomic E-state index is -0.749. The lowest BCUT2D eigenvalue weighted by atomic mass is 9.94. The van der Waals surface area contributed by atoms with E-state index in [1.807, 2.05) is 25.1 Å². The van der Waals surface area contributed by atoms with E-state index >= 15 is 0 Å². The summed E-state index contributed by atoms with van der Waals surface area (Å²) in [5, 5.41) is 10.2. The average Bonchev–Trinajstić information content (AvgIpc) is 2.38. The zero-order valence-corrected chi connectivity index (χ0v) is 9.55. The van der Waals surface area contributed by atoms with E-state index in [0.717, 1.165) is 5.69 Å². The molecule has 2 rings (SSSR count). The number of pyridine rings is 1. The van der Waals surface area contributed by atoms with Crippen molar-refractivity contribution in [3.8, 4) is 0 Å². The summed E-state index contributed by atoms with van der Waals surface area (Å²) in [5.41, 5.74) is 1.37. The molecule has 2 atom stereocenters. The zero-order chi connectivity index (χ0) is 12.3. The summed E-state index contributed by atoms with van der Waals surface area (Å²) in [5.74, 6) is -0.507. The minimum Gasteiger partial charge on any atom is -0.388 e. The van der Waals surface area contributed by atoms with Gasteiger partial charge in [0.15, 0.2) is 0 Å². The molecule has 0 saturated heterocycles. The summed E-state index contributed by atoms with van der Waals surface area (Å²) in [7, 11) is 0. The van der Waals surface area contributed by atoms with Crippen LogP contribution in [-0.2, 0) is 0 Å². The molecule has 17 heavy (non-hydrogen) atoms. The molecule has 1 N–H and O–H groups in total. The maximum Gasteiger partial charge on any atom is 0.123 e. The van der Waals surface area contributed by atoms with E-state index in [1.54, 1.807) is 18.3 Å². The summed E-state index contributed by atoms with van der Waals surface area (Å²) in [4.78, 5) is 4.19. The Morgan fingerprint density at radius 1 is 1.18 bits per heavy atom. The smallest absolute Gasteiger partial charge is 0.123 e. The van der Waals surface area contributed by atoms with Crippen molar-refractivity contribution in [2.24, 2.45) is 0 Å². The van der Waals surface area contributed by atoms with E-state index < -0.39 is 6.10 Å². The van der Waals surface area contributed by atoms with Gasteiger partial charge in [0.05, 0.1) is 6.10 Å². The molecule has 3 heteroatoms. The summed E-state index contributed by atoms with van der Waals surface area (Å²) in [6.07, 6.45) is 0.935. The molecule has 0 spiro atoms. The van der Waals surface area contributed by atoms with Gasteiger partial charge in [-0.3, -0.25) is 4.98 Å². The third-order valence-electron chi connectivity index (χ3n) is 2.82. The topological polar surface area (TPSA) is 33.1 Å². The van der Waals surface area contributed by atoms with Crippen LogP contribution in [0.5, 0.6) is 0 Å². The van der Waals surface area contributed by atoms with Crippen LogP contribution in [-0.4, -0.2) is 10.1 Å². The third kappa shape index (κ3) is 2.68. The number of hydrogen-bond donors (Lipinski definition) is 1. The van der Waals surface area contributed by atoms with Gasteiger partial charge in [-0.15, -0.1) is 0 Å². The Balaban J connectivity index is 2.23. The second-order valence-electron chi connectivity index (χ2n) is 4.04. The summed E-state index contributed by atoms with van der Waals surface area (Å²) < 4.78 is 13.1. The first-order valence-corrected chi connectivity index (χ1v) is 5.53. The lowest BCUT2D eigenvalue weighted by Gasteiger charge is -2.18. The van der Waals surface area contributed by atoms with Crippen molar-refractivity contribution < 1.29 is 9.50 Å². The fourth-order valence-corrected chi connectivity index (χ4v) is 1.79. The lowest BCUT2D eigenvalue weighted by molar-refractivity contribution is 0.149. The van der Waals surface area contributed by atoms with Gasteiger partial charge in [0.2, 0.25) is 0 Å². The summed E-state index contributed by atoms with van der Waals surface area (Å²) in [6.45, 7) is 1.87. The van der Waals surface area contributed by atoms with Gasteiger partial charge in [-0.05, 0) is 29.8 Å². The third-order valence-corrected chi connectivity index (χ3v) is 2.82. The molecule has 0 saturated carbocycles. The van der Waals surface area contributed by atoms with Crippen LogP contribution in [0.1, 0.15) is 30.2 Å². The summed E-state index contributed by atoms with van der Waals surface area (Å²) in [6, 6.07) is 11.6. The van der Waals surface area contributed by atoms with Crippen LogP contribution in [0.2, 0.25) is 0 Å². The number of aliphatic hydroxyl groups excluding tert-OH is 1. The normalized spacial score (nSPS) is 14.3. The van der Waals surface area contributed by atoms with E-state index in [1.165, 1.54) is 12.1 Å². The molecule has 0 aliphatic heterocycles. The van der Waals surface area contributed by atoms with Crippen molar-refractivity contribution >= 4 is 0 Å². The molecule has 0 aliphatic rings. The largest absolute Gasteiger partial charge is 0.388 e. The van der Waals surface area contributed by atoms with Crippen LogP contribution in [0.4, 0.5) is 4.39 Å². The van der Waals surface area contributed by atoms with E-state index in [9.17, 15) is 9.50 Å². The van der Waals surface area contributed by atoms with Crippen molar-refractivity contribution in [1.29, 1.82) is 0 Å². The first-order valence-electron chi connectivity index (χ1n) is 5.53. The molecular formula is C14H14FNO. The van der Waals surface area contributed by atoms with Crippen molar-refractivity contribution in [3.05, 3.63) is 65.7 Å². The van der Waals surface area contributed by atoms with Gasteiger partial charge < -0.3 is 5.11 Å². The van der Waals surface area contributed by atoms with Gasteiger partial charge in [-0.1, -0.05) is 25.1 Å². The van der Waals surface area contributed by atoms with Crippen molar-refractivity contribution in [1.82, 2.24) is 4.98 Å². The van der Waals surface area contributed by atoms with E-state index in [0.29, 0.717) is 5.56 Å². The van der Waals surface area contributed by atoms with Gasteiger partial charge in [-0.2, -0.15) is 0 Å². The SMILES string of the molecule is CC(c1ccccn1)C(O)c1cccc(F)c1. The van der Waals surface area contributed by atoms with Crippen molar-refractivity contribution in [2.45, 2.75) is 18.9 Å². The number of aromatic nitrogens is 1. The zero-order valence-electron chi connectivity index (χ0n) is 9.55. The maximum atomic E-state index is 13.1. The number of halogens is 1. The van der Waals surface area contributed by atoms with Crippen LogP contribution < -0.4 is 0 Å². The van der Waals surface area contributed by atoms with Crippen LogP contribution in [0.25, 0.3) is 0 Å². The summed E-state index contributed by atoms with van der Waals surface area (Å²) >= 11 is 0. The molecule has 1 aromatic heterocycles. The second-order valence-corrected chi connectivity index (χ2v) is 4.04. The van der Waals surface area contributed by atoms with Crippen LogP contribution in [0.15, 0.2) is 48.7 Å². The minimum absolute atomic E-state index is 0.169. The predicted molar refractivity (Wildman–Crippen MR) is 64.0 cm³/mol. The first-order chi connectivity index (χ1) is 8.18. The molecule has 88 valence electrons. The highest BCUT2D eigenvalue weighted by Gasteiger charge is 2.19. The first kappa shape index (κ1) is 11.7. The fourth-order valence-electron chi connectivity index (χ4n) is 1.79. The molecule has 1 heterocycles. The predicted octanol–water partition coefficient (Wildman–Crippen LogP) is 3.06. The molecule has 0 fully saturated rings. The standard InChI is InChI=1S/C14H14FNO/c1-10(13-7-2-3-8-16-13)14(17)11-5-4-6-12(15)9-11/h2-10,14,17H,1H3. The van der Waals surface area contributed by atoms with Crippen LogP contribution >= 0.6 is 0 Å². The maximum absolute atomic E-state index is 13.1. The molecule has 0 radical (unpaired) electrons. The molecule has 0 bridgehead atoms. The quantitative estimate of drug-likeness (QED) is 0.880. The Morgan fingerprint density at radius 3 is 2.65 bits per heavy atom. The molecule has 2 aromatic rings. The lowest BCUT2D eigenvalue weighted by Crippen LogP contribution is -2.09. The van der Waals surface area contributed by atoms with Gasteiger partial charge in [0, 0.05) is 17.8 Å². The Labute approximate surface area is 99.8 Å². The molecule has 0 amide bonds. The molecule has 2 unspecified atom stereocenters. The number of nitrogens with zero attached hydrogens (tertiary/aromatic N) is 1. The van der Waals surface area contributed by atoms with E-state index in [-0.39, 0.29) is 11.7 Å². The Bertz CT molecular complexity index is 487. The van der Waals surface area contributed by atoms with Gasteiger partial charge in [0.25, 0.3) is 0 Å². The van der Waals surface area contributed by atoms with Gasteiger partial charge in [0.1, 0.15) is 5.82 Å². The number of hydrogen-bond acceptors (Lipinski definition) is 2. The Kier molecular flexibility index (Phi) is 3.49. The fraction of sp³-hybridized carbons (Fsp3) is 0.214. The van der Waals surface area contributed by atoms with Crippen molar-refractivity contribution in [2.75, 3.05) is 0 Å². The molecule has 0 aliphatic carbocycles. The Hall–Kier alpha value is -1.74. The van der Waals surface area contributed by atoms with Gasteiger partial charge in [-0.25, -0.2) is 4.39 Å². The highest BCUT2D eigenvalue weighted by atomic mass is 19.1. The van der Waals surface area contributed by atoms with E-state index in [2.05, 4.69) is 4.98 Å². The number of benzene rings is 1. The monoisotopic (exact) mass is 231 g/mol. The second kappa shape index (κ2) is 5.06. The van der Waals surface area contributed by atoms with Crippen LogP contribution in [0, 0.1) is 5.82 Å². The highest BCUT2D eigenvalue weighted by Crippen LogP contribution is 2.29. The van der Waals surface area contributed by atoms with Crippen molar-refractivity contribution in [3.63, 3.8) is 0 Å². The molecular weight excluding hydrogens is 217 g/mol. The Morgan fingerprint density at radius 2 is 2.00 bits per heavy atom. The van der Waals surface area contributed by atoms with Crippen LogP contribution in [0.3, 0.4) is 0 Å². The average molecular weight is 231 g/mol. The number of rotatable bonds is 3. The van der Waals surface area contributed by atoms with Gasteiger partial charge >= 0.3 is 0 Å². The molecule has 1 aromatic carbocycles. The van der Waals surface area contributed by atoms with E-state index in [4.69, 9.17) is 0 Å². The highest BCUT2D eigenvalue weighted by molar-refractivity contribution is 5.23. The number of aliphatic hydroxyl groups is 1. The molecule has 2 nitrogen and oxygen atoms in total.